The van der Waals surface area contributed by atoms with Gasteiger partial charge in [-0.15, -0.1) is 0 Å². The van der Waals surface area contributed by atoms with Crippen LogP contribution in [0.5, 0.6) is 5.75 Å². The Hall–Kier alpha value is -2.50. The molecule has 132 valence electrons. The molecule has 0 amide bonds. The molecule has 1 fully saturated rings. The maximum Gasteiger partial charge on any atom is 0.416 e. The summed E-state index contributed by atoms with van der Waals surface area (Å²) in [7, 11) is 0. The molecule has 0 saturated heterocycles. The molecule has 0 radical (unpaired) electrons. The molecule has 1 aliphatic carbocycles. The zero-order chi connectivity index (χ0) is 18.0. The van der Waals surface area contributed by atoms with Crippen LogP contribution in [-0.4, -0.2) is 17.7 Å². The van der Waals surface area contributed by atoms with Crippen molar-refractivity contribution in [2.24, 2.45) is 5.92 Å². The summed E-state index contributed by atoms with van der Waals surface area (Å²) in [5.41, 5.74) is 1.14. The van der Waals surface area contributed by atoms with Crippen molar-refractivity contribution in [3.63, 3.8) is 0 Å². The molecule has 6 heteroatoms. The Morgan fingerprint density at radius 3 is 2.36 bits per heavy atom. The van der Waals surface area contributed by atoms with E-state index in [1.807, 2.05) is 0 Å². The monoisotopic (exact) mass is 350 g/mol. The number of carbonyl (C=O) groups is 1. The second kappa shape index (κ2) is 6.78. The number of halogens is 3. The molecule has 25 heavy (non-hydrogen) atoms. The molecule has 0 atom stereocenters. The lowest BCUT2D eigenvalue weighted by Crippen LogP contribution is -2.05. The van der Waals surface area contributed by atoms with Crippen LogP contribution >= 0.6 is 0 Å². The predicted molar refractivity (Wildman–Crippen MR) is 86.4 cm³/mol. The minimum atomic E-state index is -4.38. The number of rotatable bonds is 6. The van der Waals surface area contributed by atoms with Crippen LogP contribution < -0.4 is 4.74 Å². The molecule has 2 aromatic carbocycles. The first-order valence-electron chi connectivity index (χ1n) is 7.98. The number of aliphatic carboxylic acids is 1. The predicted octanol–water partition coefficient (Wildman–Crippen LogP) is 4.79. The van der Waals surface area contributed by atoms with Crippen molar-refractivity contribution in [3.05, 3.63) is 53.6 Å². The Morgan fingerprint density at radius 1 is 1.12 bits per heavy atom. The van der Waals surface area contributed by atoms with Gasteiger partial charge in [0.15, 0.2) is 0 Å². The summed E-state index contributed by atoms with van der Waals surface area (Å²) in [5, 5.41) is 8.93. The van der Waals surface area contributed by atoms with Gasteiger partial charge in [0.05, 0.1) is 18.6 Å². The van der Waals surface area contributed by atoms with Gasteiger partial charge in [-0.1, -0.05) is 24.3 Å². The molecule has 0 heterocycles. The summed E-state index contributed by atoms with van der Waals surface area (Å²) in [4.78, 5) is 10.9. The topological polar surface area (TPSA) is 46.5 Å². The van der Waals surface area contributed by atoms with E-state index in [1.165, 1.54) is 12.1 Å². The summed E-state index contributed by atoms with van der Waals surface area (Å²) in [6, 6.07) is 9.88. The highest BCUT2D eigenvalue weighted by Gasteiger charge is 2.30. The molecule has 1 saturated carbocycles. The molecule has 0 unspecified atom stereocenters. The largest absolute Gasteiger partial charge is 0.493 e. The molecule has 0 aromatic heterocycles. The molecule has 0 bridgehead atoms. The lowest BCUT2D eigenvalue weighted by Gasteiger charge is -2.14. The fourth-order valence-corrected chi connectivity index (χ4v) is 2.54. The number of ether oxygens (including phenoxy) is 1. The van der Waals surface area contributed by atoms with E-state index in [2.05, 4.69) is 0 Å². The molecule has 3 rings (SSSR count). The average Bonchev–Trinajstić information content (AvgIpc) is 3.36. The van der Waals surface area contributed by atoms with E-state index in [1.54, 1.807) is 18.2 Å². The van der Waals surface area contributed by atoms with Crippen molar-refractivity contribution in [2.45, 2.75) is 25.4 Å². The smallest absolute Gasteiger partial charge is 0.416 e. The lowest BCUT2D eigenvalue weighted by atomic mass is 10.00. The molecule has 1 N–H and O–H groups in total. The van der Waals surface area contributed by atoms with E-state index in [4.69, 9.17) is 9.84 Å². The third kappa shape index (κ3) is 4.53. The number of alkyl halides is 3. The van der Waals surface area contributed by atoms with Crippen LogP contribution in [0.3, 0.4) is 0 Å². The Labute approximate surface area is 143 Å². The molecule has 1 aliphatic rings. The molecule has 0 aliphatic heterocycles. The van der Waals surface area contributed by atoms with Gasteiger partial charge < -0.3 is 9.84 Å². The van der Waals surface area contributed by atoms with Crippen LogP contribution in [0.15, 0.2) is 42.5 Å². The average molecular weight is 350 g/mol. The minimum absolute atomic E-state index is 0.132. The van der Waals surface area contributed by atoms with Gasteiger partial charge in [0.2, 0.25) is 0 Å². The van der Waals surface area contributed by atoms with Crippen molar-refractivity contribution < 1.29 is 27.8 Å². The highest BCUT2D eigenvalue weighted by Crippen LogP contribution is 2.36. The zero-order valence-corrected chi connectivity index (χ0v) is 13.3. The third-order valence-electron chi connectivity index (χ3n) is 4.10. The van der Waals surface area contributed by atoms with Crippen LogP contribution in [-0.2, 0) is 17.4 Å². The van der Waals surface area contributed by atoms with E-state index >= 15 is 0 Å². The van der Waals surface area contributed by atoms with E-state index < -0.39 is 17.7 Å². The number of carboxylic acid groups (broad SMARTS) is 1. The normalized spacial score (nSPS) is 14.4. The van der Waals surface area contributed by atoms with Crippen LogP contribution in [0.2, 0.25) is 0 Å². The third-order valence-corrected chi connectivity index (χ3v) is 4.10. The Bertz CT molecular complexity index is 762. The summed E-state index contributed by atoms with van der Waals surface area (Å²) < 4.78 is 44.0. The SMILES string of the molecule is O=C(O)Cc1ccc(-c2ccc(C(F)(F)F)cc2)c(OCC2CC2)c1. The van der Waals surface area contributed by atoms with Gasteiger partial charge in [0.1, 0.15) is 5.75 Å². The van der Waals surface area contributed by atoms with Crippen LogP contribution in [0, 0.1) is 5.92 Å². The van der Waals surface area contributed by atoms with Gasteiger partial charge in [-0.3, -0.25) is 4.79 Å². The molecule has 2 aromatic rings. The highest BCUT2D eigenvalue weighted by atomic mass is 19.4. The Kier molecular flexibility index (Phi) is 4.70. The zero-order valence-electron chi connectivity index (χ0n) is 13.3. The van der Waals surface area contributed by atoms with Crippen molar-refractivity contribution in [1.82, 2.24) is 0 Å². The number of hydrogen-bond acceptors (Lipinski definition) is 2. The second-order valence-electron chi connectivity index (χ2n) is 6.23. The summed E-state index contributed by atoms with van der Waals surface area (Å²) in [6.07, 6.45) is -2.31. The van der Waals surface area contributed by atoms with Crippen LogP contribution in [0.25, 0.3) is 11.1 Å². The van der Waals surface area contributed by atoms with E-state index in [-0.39, 0.29) is 6.42 Å². The van der Waals surface area contributed by atoms with Gasteiger partial charge >= 0.3 is 12.1 Å². The van der Waals surface area contributed by atoms with Crippen molar-refractivity contribution in [2.75, 3.05) is 6.61 Å². The Balaban J connectivity index is 1.90. The minimum Gasteiger partial charge on any atom is -0.493 e. The van der Waals surface area contributed by atoms with Crippen molar-refractivity contribution >= 4 is 5.97 Å². The fraction of sp³-hybridized carbons (Fsp3) is 0.316. The maximum absolute atomic E-state index is 12.7. The molecular weight excluding hydrogens is 333 g/mol. The van der Waals surface area contributed by atoms with Gasteiger partial charge in [-0.25, -0.2) is 0 Å². The Morgan fingerprint density at radius 2 is 1.80 bits per heavy atom. The van der Waals surface area contributed by atoms with E-state index in [0.29, 0.717) is 35.0 Å². The summed E-state index contributed by atoms with van der Waals surface area (Å²) >= 11 is 0. The first-order chi connectivity index (χ1) is 11.8. The summed E-state index contributed by atoms with van der Waals surface area (Å²) in [6.45, 7) is 0.532. The second-order valence-corrected chi connectivity index (χ2v) is 6.23. The summed E-state index contributed by atoms with van der Waals surface area (Å²) in [5.74, 6) is 0.0596. The van der Waals surface area contributed by atoms with Crippen molar-refractivity contribution in [1.29, 1.82) is 0 Å². The van der Waals surface area contributed by atoms with Gasteiger partial charge in [0.25, 0.3) is 0 Å². The van der Waals surface area contributed by atoms with Crippen molar-refractivity contribution in [3.8, 4) is 16.9 Å². The fourth-order valence-electron chi connectivity index (χ4n) is 2.54. The first kappa shape index (κ1) is 17.3. The number of carboxylic acids is 1. The maximum atomic E-state index is 12.7. The number of hydrogen-bond donors (Lipinski definition) is 1. The number of benzene rings is 2. The van der Waals surface area contributed by atoms with Crippen LogP contribution in [0.1, 0.15) is 24.0 Å². The molecule has 3 nitrogen and oxygen atoms in total. The molecule has 0 spiro atoms. The van der Waals surface area contributed by atoms with Gasteiger partial charge in [-0.2, -0.15) is 13.2 Å². The lowest BCUT2D eigenvalue weighted by molar-refractivity contribution is -0.138. The van der Waals surface area contributed by atoms with Crippen LogP contribution in [0.4, 0.5) is 13.2 Å². The van der Waals surface area contributed by atoms with E-state index in [9.17, 15) is 18.0 Å². The van der Waals surface area contributed by atoms with Gasteiger partial charge in [0, 0.05) is 5.56 Å². The highest BCUT2D eigenvalue weighted by molar-refractivity contribution is 5.74. The standard InChI is InChI=1S/C19H17F3O3/c20-19(21,22)15-6-4-14(5-7-15)16-8-3-13(10-18(23)24)9-17(16)25-11-12-1-2-12/h3-9,12H,1-2,10-11H2,(H,23,24). The first-order valence-corrected chi connectivity index (χ1v) is 7.98. The van der Waals surface area contributed by atoms with E-state index in [0.717, 1.165) is 25.0 Å². The van der Waals surface area contributed by atoms with Gasteiger partial charge in [-0.05, 0) is 48.1 Å². The quantitative estimate of drug-likeness (QED) is 0.815. The molecular formula is C19H17F3O3.